The summed E-state index contributed by atoms with van der Waals surface area (Å²) in [6.07, 6.45) is 0. The highest BCUT2D eigenvalue weighted by atomic mass is 35.5. The maximum absolute atomic E-state index is 13.3. The minimum absolute atomic E-state index is 0.0799. The van der Waals surface area contributed by atoms with Crippen LogP contribution in [0.15, 0.2) is 76.5 Å². The molecule has 0 spiro atoms. The third-order valence-corrected chi connectivity index (χ3v) is 6.67. The van der Waals surface area contributed by atoms with Gasteiger partial charge in [0.1, 0.15) is 0 Å². The summed E-state index contributed by atoms with van der Waals surface area (Å²) < 4.78 is 80.7. The lowest BCUT2D eigenvalue weighted by atomic mass is 10.3. The molecule has 0 radical (unpaired) electrons. The van der Waals surface area contributed by atoms with Gasteiger partial charge in [0.05, 0.1) is 21.2 Å². The Balaban J connectivity index is 1.88. The molecule has 2 N–H and O–H groups in total. The van der Waals surface area contributed by atoms with E-state index in [4.69, 9.17) is 11.6 Å². The number of nitrogens with one attached hydrogen (secondary N) is 2. The molecule has 0 heterocycles. The van der Waals surface area contributed by atoms with Crippen molar-refractivity contribution in [2.24, 2.45) is 0 Å². The van der Waals surface area contributed by atoms with Crippen LogP contribution in [0.3, 0.4) is 0 Å². The average Bonchev–Trinajstić information content (AvgIpc) is 2.63. The average molecular weight is 459 g/mol. The van der Waals surface area contributed by atoms with Crippen molar-refractivity contribution in [1.82, 2.24) is 0 Å². The number of benzene rings is 3. The van der Waals surface area contributed by atoms with Crippen molar-refractivity contribution in [2.75, 3.05) is 9.44 Å². The van der Waals surface area contributed by atoms with E-state index in [1.807, 2.05) is 0 Å². The van der Waals surface area contributed by atoms with Crippen molar-refractivity contribution in [3.05, 3.63) is 83.4 Å². The van der Waals surface area contributed by atoms with Crippen LogP contribution in [0, 0.1) is 11.6 Å². The van der Waals surface area contributed by atoms with Crippen LogP contribution in [-0.2, 0) is 20.0 Å². The first-order valence-electron chi connectivity index (χ1n) is 7.93. The summed E-state index contributed by atoms with van der Waals surface area (Å²) >= 11 is 5.83. The molecule has 11 heteroatoms. The van der Waals surface area contributed by atoms with Crippen LogP contribution >= 0.6 is 11.6 Å². The van der Waals surface area contributed by atoms with Gasteiger partial charge >= 0.3 is 0 Å². The standard InChI is InChI=1S/C18H13ClF2N2O4S2/c19-12-3-1-4-13(9-12)22-28(24,25)15-6-2-5-14(10-15)23-29(26,27)16-7-8-17(20)18(21)11-16/h1-11,22-23H. The first-order chi connectivity index (χ1) is 13.6. The molecule has 29 heavy (non-hydrogen) atoms. The maximum atomic E-state index is 13.3. The van der Waals surface area contributed by atoms with Crippen molar-refractivity contribution in [2.45, 2.75) is 9.79 Å². The first kappa shape index (κ1) is 21.0. The molecule has 0 saturated heterocycles. The normalized spacial score (nSPS) is 11.8. The van der Waals surface area contributed by atoms with Crippen LogP contribution in [0.4, 0.5) is 20.2 Å². The SMILES string of the molecule is O=S(=O)(Nc1cccc(Cl)c1)c1cccc(NS(=O)(=O)c2ccc(F)c(F)c2)c1. The smallest absolute Gasteiger partial charge is 0.261 e. The van der Waals surface area contributed by atoms with E-state index in [1.54, 1.807) is 12.1 Å². The van der Waals surface area contributed by atoms with Crippen molar-refractivity contribution in [1.29, 1.82) is 0 Å². The summed E-state index contributed by atoms with van der Waals surface area (Å²) in [7, 11) is -8.31. The number of rotatable bonds is 6. The molecular weight excluding hydrogens is 446 g/mol. The predicted octanol–water partition coefficient (Wildman–Crippen LogP) is 4.22. The summed E-state index contributed by atoms with van der Waals surface area (Å²) in [5, 5.41) is 0.332. The number of sulfonamides is 2. The van der Waals surface area contributed by atoms with Gasteiger partial charge in [-0.2, -0.15) is 0 Å². The molecule has 0 fully saturated rings. The van der Waals surface area contributed by atoms with E-state index in [1.165, 1.54) is 30.3 Å². The highest BCUT2D eigenvalue weighted by Gasteiger charge is 2.19. The molecule has 0 aromatic heterocycles. The fourth-order valence-corrected chi connectivity index (χ4v) is 4.70. The van der Waals surface area contributed by atoms with Gasteiger partial charge in [-0.25, -0.2) is 25.6 Å². The Kier molecular flexibility index (Phi) is 5.78. The molecule has 3 aromatic carbocycles. The Hall–Kier alpha value is -2.69. The van der Waals surface area contributed by atoms with Gasteiger partial charge in [-0.3, -0.25) is 9.44 Å². The van der Waals surface area contributed by atoms with E-state index >= 15 is 0 Å². The third-order valence-electron chi connectivity index (χ3n) is 3.67. The zero-order valence-corrected chi connectivity index (χ0v) is 16.8. The van der Waals surface area contributed by atoms with E-state index in [-0.39, 0.29) is 16.3 Å². The molecule has 0 bridgehead atoms. The topological polar surface area (TPSA) is 92.3 Å². The summed E-state index contributed by atoms with van der Waals surface area (Å²) in [5.41, 5.74) is 0.147. The third kappa shape index (κ3) is 5.03. The predicted molar refractivity (Wildman–Crippen MR) is 106 cm³/mol. The summed E-state index contributed by atoms with van der Waals surface area (Å²) in [6.45, 7) is 0. The van der Waals surface area contributed by atoms with Gasteiger partial charge < -0.3 is 0 Å². The summed E-state index contributed by atoms with van der Waals surface area (Å²) in [5.74, 6) is -2.51. The lowest BCUT2D eigenvalue weighted by Gasteiger charge is -2.11. The van der Waals surface area contributed by atoms with Crippen LogP contribution in [0.5, 0.6) is 0 Å². The molecule has 0 aliphatic heterocycles. The van der Waals surface area contributed by atoms with Crippen molar-refractivity contribution in [3.8, 4) is 0 Å². The van der Waals surface area contributed by atoms with Gasteiger partial charge in [0.2, 0.25) is 0 Å². The molecule has 0 unspecified atom stereocenters. The van der Waals surface area contributed by atoms with Gasteiger partial charge in [-0.05, 0) is 54.6 Å². The molecule has 0 amide bonds. The number of anilines is 2. The van der Waals surface area contributed by atoms with E-state index in [2.05, 4.69) is 9.44 Å². The number of halogens is 3. The lowest BCUT2D eigenvalue weighted by molar-refractivity contribution is 0.504. The highest BCUT2D eigenvalue weighted by molar-refractivity contribution is 7.93. The fraction of sp³-hybridized carbons (Fsp3) is 0. The van der Waals surface area contributed by atoms with Gasteiger partial charge in [-0.15, -0.1) is 0 Å². The molecule has 152 valence electrons. The monoisotopic (exact) mass is 458 g/mol. The van der Waals surface area contributed by atoms with Gasteiger partial charge in [-0.1, -0.05) is 23.7 Å². The van der Waals surface area contributed by atoms with Crippen LogP contribution in [0.2, 0.25) is 5.02 Å². The minimum Gasteiger partial charge on any atom is -0.280 e. The quantitative estimate of drug-likeness (QED) is 0.578. The summed E-state index contributed by atoms with van der Waals surface area (Å²) in [6, 6.07) is 13.1. The van der Waals surface area contributed by atoms with Crippen LogP contribution in [0.1, 0.15) is 0 Å². The van der Waals surface area contributed by atoms with Gasteiger partial charge in [0.25, 0.3) is 20.0 Å². The Bertz CT molecular complexity index is 1280. The molecule has 0 atom stereocenters. The molecule has 0 aliphatic carbocycles. The second-order valence-corrected chi connectivity index (χ2v) is 9.63. The Morgan fingerprint density at radius 3 is 1.79 bits per heavy atom. The zero-order chi connectivity index (χ0) is 21.2. The van der Waals surface area contributed by atoms with Crippen LogP contribution in [-0.4, -0.2) is 16.8 Å². The highest BCUT2D eigenvalue weighted by Crippen LogP contribution is 2.23. The first-order valence-corrected chi connectivity index (χ1v) is 11.3. The largest absolute Gasteiger partial charge is 0.280 e. The molecule has 0 saturated carbocycles. The van der Waals surface area contributed by atoms with Crippen molar-refractivity contribution in [3.63, 3.8) is 0 Å². The number of hydrogen-bond donors (Lipinski definition) is 2. The molecule has 0 aliphatic rings. The molecule has 3 aromatic rings. The fourth-order valence-electron chi connectivity index (χ4n) is 2.35. The Labute approximate surface area is 171 Å². The second kappa shape index (κ2) is 7.97. The molecular formula is C18H13ClF2N2O4S2. The zero-order valence-electron chi connectivity index (χ0n) is 14.4. The van der Waals surface area contributed by atoms with Crippen molar-refractivity contribution >= 4 is 43.0 Å². The summed E-state index contributed by atoms with van der Waals surface area (Å²) in [4.78, 5) is -0.732. The molecule has 3 rings (SSSR count). The van der Waals surface area contributed by atoms with E-state index < -0.39 is 36.6 Å². The van der Waals surface area contributed by atoms with Crippen molar-refractivity contribution < 1.29 is 25.6 Å². The maximum Gasteiger partial charge on any atom is 0.261 e. The molecule has 6 nitrogen and oxygen atoms in total. The van der Waals surface area contributed by atoms with Gasteiger partial charge in [0, 0.05) is 5.02 Å². The van der Waals surface area contributed by atoms with E-state index in [0.29, 0.717) is 17.2 Å². The van der Waals surface area contributed by atoms with Crippen LogP contribution in [0.25, 0.3) is 0 Å². The van der Waals surface area contributed by atoms with E-state index in [0.717, 1.165) is 12.1 Å². The van der Waals surface area contributed by atoms with E-state index in [9.17, 15) is 25.6 Å². The lowest BCUT2D eigenvalue weighted by Crippen LogP contribution is -2.15. The Morgan fingerprint density at radius 2 is 1.21 bits per heavy atom. The minimum atomic E-state index is -4.27. The number of hydrogen-bond acceptors (Lipinski definition) is 4. The van der Waals surface area contributed by atoms with Crippen LogP contribution < -0.4 is 9.44 Å². The second-order valence-electron chi connectivity index (χ2n) is 5.83. The van der Waals surface area contributed by atoms with Gasteiger partial charge in [0.15, 0.2) is 11.6 Å². The Morgan fingerprint density at radius 1 is 0.655 bits per heavy atom.